The number of rotatable bonds is 1. The van der Waals surface area contributed by atoms with Crippen molar-refractivity contribution in [1.82, 2.24) is 0 Å². The van der Waals surface area contributed by atoms with Gasteiger partial charge in [0.25, 0.3) is 0 Å². The minimum Gasteiger partial charge on any atom is 0 e. The summed E-state index contributed by atoms with van der Waals surface area (Å²) in [6, 6.07) is 0. The predicted octanol–water partition coefficient (Wildman–Crippen LogP) is -0.624. The fourth-order valence-corrected chi connectivity index (χ4v) is 0. The Kier molecular flexibility index (Phi) is 6.03. The van der Waals surface area contributed by atoms with E-state index in [9.17, 15) is 8.42 Å². The Morgan fingerprint density at radius 3 is 1.71 bits per heavy atom. The van der Waals surface area contributed by atoms with E-state index >= 15 is 0 Å². The molecule has 0 aliphatic carbocycles. The molecule has 0 saturated heterocycles. The van der Waals surface area contributed by atoms with Crippen LogP contribution in [0.5, 0.6) is 0 Å². The van der Waals surface area contributed by atoms with Gasteiger partial charge in [0.15, 0.2) is 0 Å². The molecule has 1 radical (unpaired) electrons. The van der Waals surface area contributed by atoms with Crippen LogP contribution in [-0.2, 0) is 43.2 Å². The first-order valence-electron chi connectivity index (χ1n) is 1.02. The molecule has 1 N–H and O–H groups in total. The first kappa shape index (κ1) is 10.8. The van der Waals surface area contributed by atoms with E-state index in [-0.39, 0.29) is 17.1 Å². The standard InChI is InChI=1S/CH3O3S.2Cu/c1-5(2,3)4;;/h1H2,(H,2,3,4);;. The van der Waals surface area contributed by atoms with E-state index in [0.29, 0.717) is 0 Å². The third-order valence-corrected chi connectivity index (χ3v) is 1.36. The molecule has 53 valence electrons. The quantitative estimate of drug-likeness (QED) is 0.475. The molecular weight excluding hydrogens is 219 g/mol. The molecule has 0 aromatic rings. The van der Waals surface area contributed by atoms with Crippen LogP contribution >= 0.6 is 0 Å². The maximum absolute atomic E-state index is 9.45. The molecule has 0 spiro atoms. The van der Waals surface area contributed by atoms with Gasteiger partial charge in [-0.15, -0.1) is 0 Å². The minimum atomic E-state index is -3.86. The van der Waals surface area contributed by atoms with Gasteiger partial charge in [0.1, 0.15) is 0 Å². The maximum Gasteiger partial charge on any atom is 0 e. The van der Waals surface area contributed by atoms with Crippen LogP contribution in [0.3, 0.4) is 0 Å². The van der Waals surface area contributed by atoms with Gasteiger partial charge in [0, 0.05) is 17.1 Å². The molecule has 0 aromatic carbocycles. The third-order valence-electron chi connectivity index (χ3n) is 0.110. The van der Waals surface area contributed by atoms with Crippen LogP contribution in [0.4, 0.5) is 0 Å². The van der Waals surface area contributed by atoms with Gasteiger partial charge < -0.3 is 0 Å². The van der Waals surface area contributed by atoms with Gasteiger partial charge >= 0.3 is 43.8 Å². The van der Waals surface area contributed by atoms with E-state index < -0.39 is 14.8 Å². The normalized spacial score (nSPS) is 10.1. The molecule has 0 heterocycles. The second-order valence-corrected chi connectivity index (χ2v) is 2.82. The molecule has 6 heteroatoms. The first-order chi connectivity index (χ1) is 2.56. The van der Waals surface area contributed by atoms with Crippen LogP contribution in [0.1, 0.15) is 0 Å². The summed E-state index contributed by atoms with van der Waals surface area (Å²) in [6.07, 6.45) is 0. The fourth-order valence-electron chi connectivity index (χ4n) is 0. The van der Waals surface area contributed by atoms with Gasteiger partial charge in [-0.2, -0.15) is 0 Å². The second-order valence-electron chi connectivity index (χ2n) is 0.669. The molecule has 0 atom stereocenters. The molecule has 0 bridgehead atoms. The average molecular weight is 222 g/mol. The van der Waals surface area contributed by atoms with E-state index in [1.165, 1.54) is 0 Å². The van der Waals surface area contributed by atoms with Crippen LogP contribution in [0.2, 0.25) is 0 Å². The van der Waals surface area contributed by atoms with Gasteiger partial charge in [0.05, 0.1) is 0 Å². The van der Waals surface area contributed by atoms with Crippen LogP contribution in [0.25, 0.3) is 0 Å². The largest absolute Gasteiger partial charge is 0 e. The van der Waals surface area contributed by atoms with Crippen molar-refractivity contribution in [2.24, 2.45) is 0 Å². The summed E-state index contributed by atoms with van der Waals surface area (Å²) in [5.41, 5.74) is 0. The molecule has 0 rings (SSSR count). The van der Waals surface area contributed by atoms with Crippen molar-refractivity contribution in [2.45, 2.75) is 0 Å². The van der Waals surface area contributed by atoms with Crippen molar-refractivity contribution in [3.8, 4) is 0 Å². The van der Waals surface area contributed by atoms with Gasteiger partial charge in [0.2, 0.25) is 0 Å². The Balaban J connectivity index is 0. The monoisotopic (exact) mass is 221 g/mol. The van der Waals surface area contributed by atoms with E-state index in [4.69, 9.17) is 4.55 Å². The smallest absolute Gasteiger partial charge is 0 e. The van der Waals surface area contributed by atoms with Crippen LogP contribution in [0, 0.1) is 0 Å². The van der Waals surface area contributed by atoms with Crippen molar-refractivity contribution in [2.75, 3.05) is 4.65 Å². The zero-order chi connectivity index (χ0) is 5.21. The molecule has 0 aliphatic rings. The molecular formula is CH3Cu2O3S. The van der Waals surface area contributed by atoms with Crippen LogP contribution < -0.4 is 0 Å². The summed E-state index contributed by atoms with van der Waals surface area (Å²) in [6.45, 7) is 0. The Hall–Kier alpha value is 0.949. The molecule has 0 unspecified atom stereocenters. The molecule has 3 nitrogen and oxygen atoms in total. The molecule has 0 amide bonds. The summed E-state index contributed by atoms with van der Waals surface area (Å²) in [7, 11) is -3.86. The van der Waals surface area contributed by atoms with Gasteiger partial charge in [-0.1, -0.05) is 0 Å². The van der Waals surface area contributed by atoms with Crippen molar-refractivity contribution in [3.63, 3.8) is 0 Å². The van der Waals surface area contributed by atoms with E-state index in [1.807, 2.05) is 0 Å². The zero-order valence-electron chi connectivity index (χ0n) is 2.98. The molecule has 0 fully saturated rings. The summed E-state index contributed by atoms with van der Waals surface area (Å²) < 4.78 is 25.9. The topological polar surface area (TPSA) is 54.4 Å². The zero-order valence-corrected chi connectivity index (χ0v) is 5.68. The third kappa shape index (κ3) is 10.9. The van der Waals surface area contributed by atoms with Crippen molar-refractivity contribution in [3.05, 3.63) is 0 Å². The summed E-state index contributed by atoms with van der Waals surface area (Å²) in [4.78, 5) is 0. The Morgan fingerprint density at radius 2 is 1.71 bits per heavy atom. The first-order valence-corrected chi connectivity index (χ1v) is 3.29. The Morgan fingerprint density at radius 1 is 1.57 bits per heavy atom. The van der Waals surface area contributed by atoms with E-state index in [2.05, 4.69) is 16.0 Å². The van der Waals surface area contributed by atoms with Crippen LogP contribution in [0.15, 0.2) is 0 Å². The van der Waals surface area contributed by atoms with E-state index in [0.717, 1.165) is 0 Å². The molecule has 0 aromatic heterocycles. The van der Waals surface area contributed by atoms with Gasteiger partial charge in [-0.3, -0.25) is 0 Å². The fraction of sp³-hybridized carbons (Fsp3) is 1.00. The Bertz CT molecular complexity index is 115. The maximum atomic E-state index is 9.45. The Labute approximate surface area is 60.9 Å². The molecule has 0 saturated carbocycles. The van der Waals surface area contributed by atoms with E-state index in [1.54, 1.807) is 0 Å². The number of hydrogen-bond donors (Lipinski definition) is 1. The second kappa shape index (κ2) is 3.89. The summed E-state index contributed by atoms with van der Waals surface area (Å²) in [5.74, 6) is 0. The molecule has 7 heavy (non-hydrogen) atoms. The van der Waals surface area contributed by atoms with Gasteiger partial charge in [-0.05, 0) is 0 Å². The molecule has 0 aliphatic heterocycles. The van der Waals surface area contributed by atoms with Crippen molar-refractivity contribution >= 4 is 10.1 Å². The summed E-state index contributed by atoms with van der Waals surface area (Å²) in [5, 5.41) is 0. The van der Waals surface area contributed by atoms with Crippen molar-refractivity contribution < 1.29 is 46.1 Å². The van der Waals surface area contributed by atoms with Crippen molar-refractivity contribution in [1.29, 1.82) is 0 Å². The summed E-state index contributed by atoms with van der Waals surface area (Å²) >= 11 is 4.08. The van der Waals surface area contributed by atoms with Crippen LogP contribution in [-0.4, -0.2) is 17.6 Å². The predicted molar refractivity (Wildman–Crippen MR) is 16.4 cm³/mol. The average Bonchev–Trinajstić information content (AvgIpc) is 1.35. The SMILES string of the molecule is O=S(=O)(O)[CH2][Cu].[Cu]. The van der Waals surface area contributed by atoms with Gasteiger partial charge in [-0.25, -0.2) is 0 Å². The minimum absolute atomic E-state index is 0. The number of hydrogen-bond acceptors (Lipinski definition) is 2.